The molecule has 0 spiro atoms. The predicted molar refractivity (Wildman–Crippen MR) is 111 cm³/mol. The van der Waals surface area contributed by atoms with Crippen LogP contribution in [0.2, 0.25) is 5.02 Å². The highest BCUT2D eigenvalue weighted by Gasteiger charge is 2.30. The Bertz CT molecular complexity index is 999. The van der Waals surface area contributed by atoms with E-state index in [0.717, 1.165) is 24.0 Å². The number of hydrogen-bond acceptors (Lipinski definition) is 3. The standard InChI is InChI=1S/C21H25ClN2O3S/c1-15-6-7-18(16(2)12-15)14-23(3)21(25)17-8-9-19(22)20(13-17)28(26,27)24-10-4-5-11-24/h6-9,12-13H,4-5,10-11,14H2,1-3H3. The van der Waals surface area contributed by atoms with E-state index in [9.17, 15) is 13.2 Å². The third-order valence-corrected chi connectivity index (χ3v) is 7.49. The highest BCUT2D eigenvalue weighted by atomic mass is 35.5. The Balaban J connectivity index is 1.86. The zero-order valence-electron chi connectivity index (χ0n) is 16.4. The molecule has 1 saturated heterocycles. The summed E-state index contributed by atoms with van der Waals surface area (Å²) in [4.78, 5) is 14.5. The largest absolute Gasteiger partial charge is 0.337 e. The molecule has 1 heterocycles. The van der Waals surface area contributed by atoms with Gasteiger partial charge in [0.1, 0.15) is 4.90 Å². The number of halogens is 1. The fourth-order valence-electron chi connectivity index (χ4n) is 3.47. The summed E-state index contributed by atoms with van der Waals surface area (Å²) in [5.41, 5.74) is 3.66. The van der Waals surface area contributed by atoms with E-state index < -0.39 is 10.0 Å². The maximum atomic E-state index is 12.9. The lowest BCUT2D eigenvalue weighted by Crippen LogP contribution is -2.29. The van der Waals surface area contributed by atoms with Gasteiger partial charge in [-0.1, -0.05) is 35.4 Å². The smallest absolute Gasteiger partial charge is 0.253 e. The van der Waals surface area contributed by atoms with Gasteiger partial charge in [-0.2, -0.15) is 4.31 Å². The Morgan fingerprint density at radius 3 is 2.43 bits per heavy atom. The molecule has 2 aromatic carbocycles. The van der Waals surface area contributed by atoms with Crippen LogP contribution in [0.5, 0.6) is 0 Å². The molecule has 0 unspecified atom stereocenters. The molecule has 1 aliphatic rings. The predicted octanol–water partition coefficient (Wildman–Crippen LogP) is 4.01. The Labute approximate surface area is 172 Å². The topological polar surface area (TPSA) is 57.7 Å². The third kappa shape index (κ3) is 4.24. The number of carbonyl (C=O) groups excluding carboxylic acids is 1. The van der Waals surface area contributed by atoms with Crippen LogP contribution < -0.4 is 0 Å². The average molecular weight is 421 g/mol. The van der Waals surface area contributed by atoms with Crippen LogP contribution in [0.1, 0.15) is 39.9 Å². The van der Waals surface area contributed by atoms with Gasteiger partial charge in [0.2, 0.25) is 10.0 Å². The van der Waals surface area contributed by atoms with E-state index in [2.05, 4.69) is 6.07 Å². The van der Waals surface area contributed by atoms with E-state index in [-0.39, 0.29) is 15.8 Å². The van der Waals surface area contributed by atoms with Crippen LogP contribution in [0.3, 0.4) is 0 Å². The van der Waals surface area contributed by atoms with Crippen molar-refractivity contribution < 1.29 is 13.2 Å². The molecule has 7 heteroatoms. The van der Waals surface area contributed by atoms with E-state index in [4.69, 9.17) is 11.6 Å². The molecule has 2 aromatic rings. The van der Waals surface area contributed by atoms with Gasteiger partial charge in [-0.05, 0) is 56.0 Å². The first-order valence-electron chi connectivity index (χ1n) is 9.31. The number of benzene rings is 2. The molecule has 3 rings (SSSR count). The molecule has 0 bridgehead atoms. The number of rotatable bonds is 5. The normalized spacial score (nSPS) is 15.0. The van der Waals surface area contributed by atoms with Gasteiger partial charge in [-0.15, -0.1) is 0 Å². The molecule has 1 amide bonds. The summed E-state index contributed by atoms with van der Waals surface area (Å²) in [6, 6.07) is 10.6. The van der Waals surface area contributed by atoms with E-state index in [0.29, 0.717) is 25.2 Å². The Kier molecular flexibility index (Phi) is 6.12. The number of sulfonamides is 1. The molecule has 1 aliphatic heterocycles. The number of nitrogens with zero attached hydrogens (tertiary/aromatic N) is 2. The minimum absolute atomic E-state index is 0.00170. The average Bonchev–Trinajstić information content (AvgIpc) is 3.19. The van der Waals surface area contributed by atoms with E-state index >= 15 is 0 Å². The quantitative estimate of drug-likeness (QED) is 0.734. The summed E-state index contributed by atoms with van der Waals surface area (Å²) in [7, 11) is -1.98. The maximum Gasteiger partial charge on any atom is 0.253 e. The van der Waals surface area contributed by atoms with Crippen LogP contribution in [0.25, 0.3) is 0 Å². The van der Waals surface area contributed by atoms with E-state index in [1.54, 1.807) is 18.0 Å². The van der Waals surface area contributed by atoms with Crippen molar-refractivity contribution in [1.82, 2.24) is 9.21 Å². The molecule has 0 aromatic heterocycles. The zero-order chi connectivity index (χ0) is 20.5. The van der Waals surface area contributed by atoms with Crippen molar-refractivity contribution in [2.45, 2.75) is 38.1 Å². The Hall–Kier alpha value is -1.89. The first-order valence-corrected chi connectivity index (χ1v) is 11.1. The monoisotopic (exact) mass is 420 g/mol. The van der Waals surface area contributed by atoms with Gasteiger partial charge in [0, 0.05) is 32.2 Å². The van der Waals surface area contributed by atoms with Crippen molar-refractivity contribution in [1.29, 1.82) is 0 Å². The fourth-order valence-corrected chi connectivity index (χ4v) is 5.49. The molecule has 5 nitrogen and oxygen atoms in total. The van der Waals surface area contributed by atoms with Crippen molar-refractivity contribution in [2.75, 3.05) is 20.1 Å². The SMILES string of the molecule is Cc1ccc(CN(C)C(=O)c2ccc(Cl)c(S(=O)(=O)N3CCCC3)c2)c(C)c1. The van der Waals surface area contributed by atoms with Crippen LogP contribution in [-0.2, 0) is 16.6 Å². The summed E-state index contributed by atoms with van der Waals surface area (Å²) in [5.74, 6) is -0.241. The van der Waals surface area contributed by atoms with Gasteiger partial charge in [-0.25, -0.2) is 8.42 Å². The number of amides is 1. The zero-order valence-corrected chi connectivity index (χ0v) is 18.0. The Morgan fingerprint density at radius 2 is 1.79 bits per heavy atom. The van der Waals surface area contributed by atoms with Gasteiger partial charge in [-0.3, -0.25) is 4.79 Å². The van der Waals surface area contributed by atoms with Crippen LogP contribution >= 0.6 is 11.6 Å². The second-order valence-corrected chi connectivity index (χ2v) is 9.66. The summed E-state index contributed by atoms with van der Waals surface area (Å²) >= 11 is 6.18. The molecule has 28 heavy (non-hydrogen) atoms. The Morgan fingerprint density at radius 1 is 1.11 bits per heavy atom. The molecular formula is C21H25ClN2O3S. The van der Waals surface area contributed by atoms with Crippen LogP contribution in [-0.4, -0.2) is 43.7 Å². The minimum atomic E-state index is -3.69. The maximum absolute atomic E-state index is 12.9. The third-order valence-electron chi connectivity index (χ3n) is 5.11. The summed E-state index contributed by atoms with van der Waals surface area (Å²) in [6.07, 6.45) is 1.68. The van der Waals surface area contributed by atoms with Gasteiger partial charge in [0.05, 0.1) is 5.02 Å². The second kappa shape index (κ2) is 8.23. The fraction of sp³-hybridized carbons (Fsp3) is 0.381. The molecule has 1 fully saturated rings. The van der Waals surface area contributed by atoms with Gasteiger partial charge in [0.15, 0.2) is 0 Å². The molecule has 150 valence electrons. The number of carbonyl (C=O) groups is 1. The highest BCUT2D eigenvalue weighted by Crippen LogP contribution is 2.28. The van der Waals surface area contributed by atoms with Gasteiger partial charge < -0.3 is 4.90 Å². The van der Waals surface area contributed by atoms with E-state index in [1.165, 1.54) is 22.0 Å². The van der Waals surface area contributed by atoms with Crippen LogP contribution in [0, 0.1) is 13.8 Å². The first kappa shape index (κ1) is 20.8. The van der Waals surface area contributed by atoms with Crippen LogP contribution in [0.15, 0.2) is 41.3 Å². The summed E-state index contributed by atoms with van der Waals surface area (Å²) < 4.78 is 27.2. The van der Waals surface area contributed by atoms with E-state index in [1.807, 2.05) is 26.0 Å². The molecule has 0 radical (unpaired) electrons. The lowest BCUT2D eigenvalue weighted by Gasteiger charge is -2.20. The van der Waals surface area contributed by atoms with Gasteiger partial charge >= 0.3 is 0 Å². The molecule has 0 atom stereocenters. The van der Waals surface area contributed by atoms with Crippen molar-refractivity contribution in [3.63, 3.8) is 0 Å². The molecule has 0 aliphatic carbocycles. The molecule has 0 saturated carbocycles. The lowest BCUT2D eigenvalue weighted by molar-refractivity contribution is 0.0784. The first-order chi connectivity index (χ1) is 13.2. The number of hydrogen-bond donors (Lipinski definition) is 0. The van der Waals surface area contributed by atoms with Crippen molar-refractivity contribution >= 4 is 27.5 Å². The van der Waals surface area contributed by atoms with Crippen LogP contribution in [0.4, 0.5) is 0 Å². The minimum Gasteiger partial charge on any atom is -0.337 e. The summed E-state index contributed by atoms with van der Waals surface area (Å²) in [5, 5.41) is 0.139. The highest BCUT2D eigenvalue weighted by molar-refractivity contribution is 7.89. The van der Waals surface area contributed by atoms with Crippen molar-refractivity contribution in [3.8, 4) is 0 Å². The molecular weight excluding hydrogens is 396 g/mol. The molecule has 0 N–H and O–H groups in total. The second-order valence-electron chi connectivity index (χ2n) is 7.35. The van der Waals surface area contributed by atoms with Gasteiger partial charge in [0.25, 0.3) is 5.91 Å². The number of aryl methyl sites for hydroxylation is 2. The lowest BCUT2D eigenvalue weighted by atomic mass is 10.1. The van der Waals surface area contributed by atoms with Crippen molar-refractivity contribution in [3.05, 3.63) is 63.7 Å². The van der Waals surface area contributed by atoms with Crippen molar-refractivity contribution in [2.24, 2.45) is 0 Å². The summed E-state index contributed by atoms with van der Waals surface area (Å²) in [6.45, 7) is 5.47.